The molecular weight excluding hydrogens is 230 g/mol. The van der Waals surface area contributed by atoms with Crippen molar-refractivity contribution in [3.8, 4) is 11.5 Å². The van der Waals surface area contributed by atoms with E-state index in [0.717, 1.165) is 12.3 Å². The lowest BCUT2D eigenvalue weighted by atomic mass is 9.95. The SMILES string of the molecule is O=C(NC1CC2CCC1C2)c1cc(O)ccc1O. The molecule has 96 valence electrons. The number of hydrogen-bond donors (Lipinski definition) is 3. The first-order chi connectivity index (χ1) is 8.63. The number of nitrogens with one attached hydrogen (secondary N) is 1. The summed E-state index contributed by atoms with van der Waals surface area (Å²) in [6.07, 6.45) is 4.75. The number of carbonyl (C=O) groups excluding carboxylic acids is 1. The highest BCUT2D eigenvalue weighted by molar-refractivity contribution is 5.97. The van der Waals surface area contributed by atoms with E-state index in [1.807, 2.05) is 0 Å². The fourth-order valence-corrected chi connectivity index (χ4v) is 3.37. The van der Waals surface area contributed by atoms with E-state index < -0.39 is 0 Å². The first-order valence-corrected chi connectivity index (χ1v) is 6.46. The summed E-state index contributed by atoms with van der Waals surface area (Å²) in [5, 5.41) is 22.0. The largest absolute Gasteiger partial charge is 0.508 e. The molecule has 1 amide bonds. The zero-order valence-corrected chi connectivity index (χ0v) is 10.1. The third-order valence-electron chi connectivity index (χ3n) is 4.28. The molecule has 3 unspecified atom stereocenters. The minimum Gasteiger partial charge on any atom is -0.508 e. The van der Waals surface area contributed by atoms with Crippen LogP contribution in [0, 0.1) is 11.8 Å². The van der Waals surface area contributed by atoms with Gasteiger partial charge in [0, 0.05) is 6.04 Å². The summed E-state index contributed by atoms with van der Waals surface area (Å²) in [6, 6.07) is 4.24. The number of carbonyl (C=O) groups is 1. The van der Waals surface area contributed by atoms with Gasteiger partial charge in [0.25, 0.3) is 5.91 Å². The number of fused-ring (bicyclic) bond motifs is 2. The van der Waals surface area contributed by atoms with Crippen LogP contribution in [0.1, 0.15) is 36.0 Å². The van der Waals surface area contributed by atoms with Crippen molar-refractivity contribution in [1.29, 1.82) is 0 Å². The molecular formula is C14H17NO3. The van der Waals surface area contributed by atoms with Gasteiger partial charge in [0.05, 0.1) is 5.56 Å². The van der Waals surface area contributed by atoms with Gasteiger partial charge in [0.1, 0.15) is 11.5 Å². The molecule has 2 saturated carbocycles. The van der Waals surface area contributed by atoms with Gasteiger partial charge < -0.3 is 15.5 Å². The second kappa shape index (κ2) is 4.19. The lowest BCUT2D eigenvalue weighted by Gasteiger charge is -2.23. The van der Waals surface area contributed by atoms with E-state index in [-0.39, 0.29) is 29.0 Å². The van der Waals surface area contributed by atoms with Crippen LogP contribution in [0.15, 0.2) is 18.2 Å². The molecule has 2 aliphatic carbocycles. The third kappa shape index (κ3) is 1.92. The third-order valence-corrected chi connectivity index (χ3v) is 4.28. The van der Waals surface area contributed by atoms with E-state index in [4.69, 9.17) is 0 Å². The standard InChI is InChI=1S/C14H17NO3/c16-10-3-4-13(17)11(7-10)14(18)15-12-6-8-1-2-9(12)5-8/h3-4,7-9,12,16-17H,1-2,5-6H2,(H,15,18). The van der Waals surface area contributed by atoms with Crippen LogP contribution in [0.25, 0.3) is 0 Å². The first kappa shape index (κ1) is 11.4. The highest BCUT2D eigenvalue weighted by Crippen LogP contribution is 2.44. The van der Waals surface area contributed by atoms with Crippen molar-refractivity contribution in [3.05, 3.63) is 23.8 Å². The van der Waals surface area contributed by atoms with E-state index in [1.165, 1.54) is 37.5 Å². The van der Waals surface area contributed by atoms with Crippen LogP contribution in [-0.4, -0.2) is 22.2 Å². The van der Waals surface area contributed by atoms with Crippen molar-refractivity contribution < 1.29 is 15.0 Å². The van der Waals surface area contributed by atoms with Crippen LogP contribution in [0.2, 0.25) is 0 Å². The molecule has 4 heteroatoms. The molecule has 0 heterocycles. The van der Waals surface area contributed by atoms with Crippen molar-refractivity contribution in [2.45, 2.75) is 31.7 Å². The summed E-state index contributed by atoms with van der Waals surface area (Å²) in [7, 11) is 0. The molecule has 18 heavy (non-hydrogen) atoms. The van der Waals surface area contributed by atoms with Crippen molar-refractivity contribution in [3.63, 3.8) is 0 Å². The van der Waals surface area contributed by atoms with E-state index >= 15 is 0 Å². The van der Waals surface area contributed by atoms with Crippen LogP contribution in [-0.2, 0) is 0 Å². The smallest absolute Gasteiger partial charge is 0.255 e. The number of amides is 1. The predicted octanol–water partition coefficient (Wildman–Crippen LogP) is 2.02. The minimum atomic E-state index is -0.291. The van der Waals surface area contributed by atoms with Gasteiger partial charge in [-0.05, 0) is 49.3 Å². The Bertz CT molecular complexity index is 486. The van der Waals surface area contributed by atoms with Crippen LogP contribution >= 0.6 is 0 Å². The molecule has 0 aromatic heterocycles. The first-order valence-electron chi connectivity index (χ1n) is 6.46. The molecule has 1 aromatic carbocycles. The summed E-state index contributed by atoms with van der Waals surface area (Å²) in [4.78, 5) is 12.1. The lowest BCUT2D eigenvalue weighted by Crippen LogP contribution is -2.38. The van der Waals surface area contributed by atoms with E-state index in [1.54, 1.807) is 0 Å². The average Bonchev–Trinajstić information content (AvgIpc) is 2.94. The zero-order chi connectivity index (χ0) is 12.7. The Balaban J connectivity index is 1.73. The van der Waals surface area contributed by atoms with Gasteiger partial charge in [-0.15, -0.1) is 0 Å². The normalized spacial score (nSPS) is 29.4. The summed E-state index contributed by atoms with van der Waals surface area (Å²) in [5.41, 5.74) is 0.151. The lowest BCUT2D eigenvalue weighted by molar-refractivity contribution is 0.0920. The summed E-state index contributed by atoms with van der Waals surface area (Å²) < 4.78 is 0. The summed E-state index contributed by atoms with van der Waals surface area (Å²) in [5.74, 6) is 0.969. The minimum absolute atomic E-state index is 0.00843. The van der Waals surface area contributed by atoms with Gasteiger partial charge in [0.2, 0.25) is 0 Å². The monoisotopic (exact) mass is 247 g/mol. The van der Waals surface area contributed by atoms with Gasteiger partial charge in [0.15, 0.2) is 0 Å². The number of benzene rings is 1. The topological polar surface area (TPSA) is 69.6 Å². The maximum Gasteiger partial charge on any atom is 0.255 e. The van der Waals surface area contributed by atoms with Gasteiger partial charge in [-0.3, -0.25) is 4.79 Å². The Morgan fingerprint density at radius 3 is 2.72 bits per heavy atom. The predicted molar refractivity (Wildman–Crippen MR) is 66.5 cm³/mol. The Hall–Kier alpha value is -1.71. The molecule has 0 spiro atoms. The average molecular weight is 247 g/mol. The van der Waals surface area contributed by atoms with Gasteiger partial charge in [-0.1, -0.05) is 6.42 Å². The second-order valence-corrected chi connectivity index (χ2v) is 5.46. The molecule has 2 fully saturated rings. The van der Waals surface area contributed by atoms with E-state index in [2.05, 4.69) is 5.32 Å². The highest BCUT2D eigenvalue weighted by atomic mass is 16.3. The maximum absolute atomic E-state index is 12.1. The van der Waals surface area contributed by atoms with Crippen molar-refractivity contribution in [2.75, 3.05) is 0 Å². The zero-order valence-electron chi connectivity index (χ0n) is 10.1. The molecule has 0 saturated heterocycles. The molecule has 1 aromatic rings. The quantitative estimate of drug-likeness (QED) is 0.700. The van der Waals surface area contributed by atoms with Crippen LogP contribution in [0.5, 0.6) is 11.5 Å². The fourth-order valence-electron chi connectivity index (χ4n) is 3.37. The molecule has 4 nitrogen and oxygen atoms in total. The molecule has 3 N–H and O–H groups in total. The summed E-state index contributed by atoms with van der Waals surface area (Å²) in [6.45, 7) is 0. The van der Waals surface area contributed by atoms with E-state index in [0.29, 0.717) is 5.92 Å². The highest BCUT2D eigenvalue weighted by Gasteiger charge is 2.40. The molecule has 0 aliphatic heterocycles. The Morgan fingerprint density at radius 2 is 2.06 bits per heavy atom. The van der Waals surface area contributed by atoms with Crippen molar-refractivity contribution in [1.82, 2.24) is 5.32 Å². The molecule has 3 atom stereocenters. The van der Waals surface area contributed by atoms with Crippen LogP contribution < -0.4 is 5.32 Å². The summed E-state index contributed by atoms with van der Waals surface area (Å²) >= 11 is 0. The van der Waals surface area contributed by atoms with Gasteiger partial charge >= 0.3 is 0 Å². The number of hydrogen-bond acceptors (Lipinski definition) is 3. The fraction of sp³-hybridized carbons (Fsp3) is 0.500. The van der Waals surface area contributed by atoms with E-state index in [9.17, 15) is 15.0 Å². The van der Waals surface area contributed by atoms with Crippen LogP contribution in [0.4, 0.5) is 0 Å². The Labute approximate surface area is 106 Å². The maximum atomic E-state index is 12.1. The van der Waals surface area contributed by atoms with Gasteiger partial charge in [-0.25, -0.2) is 0 Å². The number of phenolic OH excluding ortho intramolecular Hbond substituents is 2. The van der Waals surface area contributed by atoms with Crippen molar-refractivity contribution in [2.24, 2.45) is 11.8 Å². The van der Waals surface area contributed by atoms with Gasteiger partial charge in [-0.2, -0.15) is 0 Å². The molecule has 0 radical (unpaired) electrons. The number of phenols is 2. The molecule has 2 aliphatic rings. The number of aromatic hydroxyl groups is 2. The van der Waals surface area contributed by atoms with Crippen LogP contribution in [0.3, 0.4) is 0 Å². The van der Waals surface area contributed by atoms with Crippen molar-refractivity contribution >= 4 is 5.91 Å². The molecule has 3 rings (SSSR count). The Kier molecular flexibility index (Phi) is 2.65. The molecule has 2 bridgehead atoms. The second-order valence-electron chi connectivity index (χ2n) is 5.46. The Morgan fingerprint density at radius 1 is 1.22 bits per heavy atom. The number of rotatable bonds is 2.